The second-order valence-electron chi connectivity index (χ2n) is 2.34. The quantitative estimate of drug-likeness (QED) is 0.408. The monoisotopic (exact) mass is 127 g/mol. The molecule has 0 atom stereocenters. The van der Waals surface area contributed by atoms with Crippen LogP contribution in [-0.4, -0.2) is 6.61 Å². The fourth-order valence-corrected chi connectivity index (χ4v) is 0.612. The zero-order valence-corrected chi connectivity index (χ0v) is 6.31. The molecule has 0 aromatic carbocycles. The molecule has 0 aromatic rings. The van der Waals surface area contributed by atoms with Gasteiger partial charge in [0.15, 0.2) is 0 Å². The first-order chi connectivity index (χ1) is 4.31. The number of allylic oxidation sites excluding steroid dienone is 1. The molecule has 0 saturated carbocycles. The van der Waals surface area contributed by atoms with Gasteiger partial charge in [0.1, 0.15) is 6.61 Å². The van der Waals surface area contributed by atoms with Crippen molar-refractivity contribution in [1.29, 1.82) is 0 Å². The van der Waals surface area contributed by atoms with Crippen LogP contribution in [0.2, 0.25) is 0 Å². The summed E-state index contributed by atoms with van der Waals surface area (Å²) in [5, 5.41) is 10.2. The molecule has 1 radical (unpaired) electrons. The standard InChI is InChI=1S/C8H15O/c1-3-4-5-6-8(2)7-9/h6H,3-5,7H2,1-2H3. The Morgan fingerprint density at radius 3 is 2.67 bits per heavy atom. The van der Waals surface area contributed by atoms with Crippen molar-refractivity contribution in [2.45, 2.75) is 33.1 Å². The SMILES string of the molecule is CCCCC=C(C)C[O]. The summed E-state index contributed by atoms with van der Waals surface area (Å²) in [6, 6.07) is 0. The van der Waals surface area contributed by atoms with E-state index in [1.807, 2.05) is 13.0 Å². The van der Waals surface area contributed by atoms with E-state index in [1.54, 1.807) is 0 Å². The minimum Gasteiger partial charge on any atom is -0.232 e. The number of unbranched alkanes of at least 4 members (excludes halogenated alkanes) is 2. The van der Waals surface area contributed by atoms with Crippen molar-refractivity contribution in [1.82, 2.24) is 0 Å². The van der Waals surface area contributed by atoms with Gasteiger partial charge < -0.3 is 0 Å². The van der Waals surface area contributed by atoms with Crippen LogP contribution in [-0.2, 0) is 5.11 Å². The summed E-state index contributed by atoms with van der Waals surface area (Å²) >= 11 is 0. The van der Waals surface area contributed by atoms with Crippen molar-refractivity contribution >= 4 is 0 Å². The third-order valence-corrected chi connectivity index (χ3v) is 1.28. The molecule has 0 saturated heterocycles. The molecular weight excluding hydrogens is 112 g/mol. The molecule has 0 fully saturated rings. The summed E-state index contributed by atoms with van der Waals surface area (Å²) in [4.78, 5) is 0. The Hall–Kier alpha value is -0.300. The summed E-state index contributed by atoms with van der Waals surface area (Å²) < 4.78 is 0. The van der Waals surface area contributed by atoms with E-state index in [1.165, 1.54) is 12.8 Å². The van der Waals surface area contributed by atoms with Crippen molar-refractivity contribution in [3.63, 3.8) is 0 Å². The van der Waals surface area contributed by atoms with E-state index < -0.39 is 0 Å². The highest BCUT2D eigenvalue weighted by Crippen LogP contribution is 1.99. The van der Waals surface area contributed by atoms with Crippen molar-refractivity contribution in [3.8, 4) is 0 Å². The fourth-order valence-electron chi connectivity index (χ4n) is 0.612. The minimum absolute atomic E-state index is 0.0380. The van der Waals surface area contributed by atoms with Crippen LogP contribution in [0.3, 0.4) is 0 Å². The smallest absolute Gasteiger partial charge is 0.103 e. The van der Waals surface area contributed by atoms with Gasteiger partial charge in [0.2, 0.25) is 0 Å². The lowest BCUT2D eigenvalue weighted by Crippen LogP contribution is -1.80. The van der Waals surface area contributed by atoms with Gasteiger partial charge in [-0.25, -0.2) is 5.11 Å². The third-order valence-electron chi connectivity index (χ3n) is 1.28. The fraction of sp³-hybridized carbons (Fsp3) is 0.750. The summed E-state index contributed by atoms with van der Waals surface area (Å²) in [5.41, 5.74) is 0.975. The molecule has 0 aliphatic carbocycles. The summed E-state index contributed by atoms with van der Waals surface area (Å²) in [7, 11) is 0. The molecule has 0 heterocycles. The number of hydrogen-bond donors (Lipinski definition) is 0. The Labute approximate surface area is 57.4 Å². The van der Waals surface area contributed by atoms with Gasteiger partial charge in [-0.1, -0.05) is 25.8 Å². The van der Waals surface area contributed by atoms with E-state index in [0.29, 0.717) is 0 Å². The van der Waals surface area contributed by atoms with E-state index in [4.69, 9.17) is 0 Å². The molecule has 0 aromatic heterocycles. The topological polar surface area (TPSA) is 19.9 Å². The Bertz CT molecular complexity index is 84.6. The first-order valence-corrected chi connectivity index (χ1v) is 3.55. The van der Waals surface area contributed by atoms with Crippen LogP contribution < -0.4 is 0 Å². The van der Waals surface area contributed by atoms with Crippen LogP contribution in [0.1, 0.15) is 33.1 Å². The molecule has 0 aliphatic rings. The Morgan fingerprint density at radius 1 is 1.56 bits per heavy atom. The molecule has 9 heavy (non-hydrogen) atoms. The molecule has 53 valence electrons. The van der Waals surface area contributed by atoms with Crippen LogP contribution in [0.25, 0.3) is 0 Å². The summed E-state index contributed by atoms with van der Waals surface area (Å²) in [5.74, 6) is 0. The van der Waals surface area contributed by atoms with Crippen LogP contribution in [0.4, 0.5) is 0 Å². The highest BCUT2D eigenvalue weighted by Gasteiger charge is 1.84. The lowest BCUT2D eigenvalue weighted by Gasteiger charge is -1.91. The van der Waals surface area contributed by atoms with Gasteiger partial charge in [-0.2, -0.15) is 0 Å². The highest BCUT2D eigenvalue weighted by molar-refractivity contribution is 4.96. The van der Waals surface area contributed by atoms with Gasteiger partial charge in [0, 0.05) is 0 Å². The van der Waals surface area contributed by atoms with Gasteiger partial charge in [0.05, 0.1) is 0 Å². The van der Waals surface area contributed by atoms with E-state index >= 15 is 0 Å². The zero-order valence-electron chi connectivity index (χ0n) is 6.31. The summed E-state index contributed by atoms with van der Waals surface area (Å²) in [6.07, 6.45) is 5.53. The Morgan fingerprint density at radius 2 is 2.22 bits per heavy atom. The van der Waals surface area contributed by atoms with E-state index in [-0.39, 0.29) is 6.61 Å². The maximum atomic E-state index is 10.2. The second kappa shape index (κ2) is 5.83. The molecule has 1 heteroatoms. The Balaban J connectivity index is 3.21. The average Bonchev–Trinajstić information content (AvgIpc) is 1.89. The highest BCUT2D eigenvalue weighted by atomic mass is 16.3. The number of rotatable bonds is 4. The molecule has 0 spiro atoms. The van der Waals surface area contributed by atoms with Gasteiger partial charge >= 0.3 is 0 Å². The molecule has 0 rings (SSSR count). The molecule has 0 amide bonds. The van der Waals surface area contributed by atoms with Gasteiger partial charge in [-0.05, 0) is 18.9 Å². The normalized spacial score (nSPS) is 12.1. The lowest BCUT2D eigenvalue weighted by atomic mass is 10.2. The van der Waals surface area contributed by atoms with Gasteiger partial charge in [-0.15, -0.1) is 0 Å². The molecule has 0 unspecified atom stereocenters. The van der Waals surface area contributed by atoms with Crippen LogP contribution in [0.5, 0.6) is 0 Å². The average molecular weight is 127 g/mol. The molecule has 1 nitrogen and oxygen atoms in total. The van der Waals surface area contributed by atoms with Crippen LogP contribution in [0, 0.1) is 0 Å². The first-order valence-electron chi connectivity index (χ1n) is 3.55. The Kier molecular flexibility index (Phi) is 5.64. The van der Waals surface area contributed by atoms with E-state index in [0.717, 1.165) is 12.0 Å². The largest absolute Gasteiger partial charge is 0.232 e. The van der Waals surface area contributed by atoms with Gasteiger partial charge in [-0.3, -0.25) is 0 Å². The maximum absolute atomic E-state index is 10.2. The van der Waals surface area contributed by atoms with E-state index in [2.05, 4.69) is 6.92 Å². The van der Waals surface area contributed by atoms with Crippen molar-refractivity contribution in [3.05, 3.63) is 11.6 Å². The molecule has 0 N–H and O–H groups in total. The first kappa shape index (κ1) is 8.70. The van der Waals surface area contributed by atoms with Crippen molar-refractivity contribution in [2.24, 2.45) is 0 Å². The van der Waals surface area contributed by atoms with Crippen LogP contribution >= 0.6 is 0 Å². The minimum atomic E-state index is -0.0380. The molecular formula is C8H15O. The van der Waals surface area contributed by atoms with Crippen molar-refractivity contribution in [2.75, 3.05) is 6.61 Å². The zero-order chi connectivity index (χ0) is 7.11. The maximum Gasteiger partial charge on any atom is 0.103 e. The predicted molar refractivity (Wildman–Crippen MR) is 38.8 cm³/mol. The molecule has 0 bridgehead atoms. The number of hydrogen-bond acceptors (Lipinski definition) is 0. The van der Waals surface area contributed by atoms with Gasteiger partial charge in [0.25, 0.3) is 0 Å². The summed E-state index contributed by atoms with van der Waals surface area (Å²) in [6.45, 7) is 4.01. The van der Waals surface area contributed by atoms with Crippen molar-refractivity contribution < 1.29 is 5.11 Å². The lowest BCUT2D eigenvalue weighted by molar-refractivity contribution is 0.223. The van der Waals surface area contributed by atoms with E-state index in [9.17, 15) is 5.11 Å². The second-order valence-corrected chi connectivity index (χ2v) is 2.34. The molecule has 0 aliphatic heterocycles. The third kappa shape index (κ3) is 5.57. The predicted octanol–water partition coefficient (Wildman–Crippen LogP) is 2.55. The van der Waals surface area contributed by atoms with Crippen LogP contribution in [0.15, 0.2) is 11.6 Å².